The van der Waals surface area contributed by atoms with Gasteiger partial charge in [-0.15, -0.1) is 0 Å². The molecule has 21 heavy (non-hydrogen) atoms. The average molecular weight is 289 g/mol. The normalized spacial score (nSPS) is 14.3. The molecule has 0 atom stereocenters. The van der Waals surface area contributed by atoms with Crippen molar-refractivity contribution in [1.82, 2.24) is 9.88 Å². The zero-order valence-corrected chi connectivity index (χ0v) is 13.4. The molecular formula is C17H27N3O. The number of nitrogens with one attached hydrogen (secondary N) is 1. The first kappa shape index (κ1) is 15.8. The molecule has 1 aromatic heterocycles. The number of pyridine rings is 1. The van der Waals surface area contributed by atoms with Crippen molar-refractivity contribution in [3.05, 3.63) is 23.9 Å². The lowest BCUT2D eigenvalue weighted by molar-refractivity contribution is 0.0729. The first-order valence-electron chi connectivity index (χ1n) is 8.13. The smallest absolute Gasteiger partial charge is 0.272 e. The Morgan fingerprint density at radius 2 is 2.19 bits per heavy atom. The summed E-state index contributed by atoms with van der Waals surface area (Å²) < 4.78 is 0. The topological polar surface area (TPSA) is 45.2 Å². The number of rotatable bonds is 8. The third kappa shape index (κ3) is 4.73. The van der Waals surface area contributed by atoms with Gasteiger partial charge in [0.25, 0.3) is 5.91 Å². The van der Waals surface area contributed by atoms with Crippen LogP contribution in [0, 0.1) is 5.92 Å². The minimum absolute atomic E-state index is 0.0818. The molecule has 1 aromatic rings. The van der Waals surface area contributed by atoms with Gasteiger partial charge in [-0.3, -0.25) is 4.79 Å². The van der Waals surface area contributed by atoms with Crippen LogP contribution in [0.5, 0.6) is 0 Å². The maximum atomic E-state index is 12.7. The minimum atomic E-state index is 0.0818. The van der Waals surface area contributed by atoms with Crippen molar-refractivity contribution in [1.29, 1.82) is 0 Å². The zero-order valence-electron chi connectivity index (χ0n) is 13.4. The Labute approximate surface area is 127 Å². The Morgan fingerprint density at radius 1 is 1.43 bits per heavy atom. The molecule has 1 fully saturated rings. The summed E-state index contributed by atoms with van der Waals surface area (Å²) in [5, 5.41) is 3.24. The quantitative estimate of drug-likeness (QED) is 0.796. The standard InChI is InChI=1S/C17H27N3O/c1-4-11-18-16-7-5-6-15(19-16)17(21)20(14-8-9-14)12-10-13(2)3/h5-7,13-14H,4,8-12H2,1-3H3,(H,18,19). The SMILES string of the molecule is CCCNc1cccc(C(=O)N(CCC(C)C)C2CC2)n1. The van der Waals surface area contributed by atoms with E-state index in [1.54, 1.807) is 0 Å². The molecule has 0 unspecified atom stereocenters. The van der Waals surface area contributed by atoms with E-state index < -0.39 is 0 Å². The Hall–Kier alpha value is -1.58. The van der Waals surface area contributed by atoms with Crippen LogP contribution in [0.2, 0.25) is 0 Å². The van der Waals surface area contributed by atoms with Gasteiger partial charge in [0, 0.05) is 19.1 Å². The number of carbonyl (C=O) groups excluding carboxylic acids is 1. The maximum Gasteiger partial charge on any atom is 0.272 e. The predicted octanol–water partition coefficient (Wildman–Crippen LogP) is 3.55. The summed E-state index contributed by atoms with van der Waals surface area (Å²) in [6, 6.07) is 6.09. The highest BCUT2D eigenvalue weighted by Crippen LogP contribution is 2.28. The number of anilines is 1. The molecule has 0 spiro atoms. The molecular weight excluding hydrogens is 262 g/mol. The van der Waals surface area contributed by atoms with Crippen LogP contribution < -0.4 is 5.32 Å². The van der Waals surface area contributed by atoms with E-state index in [4.69, 9.17) is 0 Å². The number of nitrogens with zero attached hydrogens (tertiary/aromatic N) is 2. The highest BCUT2D eigenvalue weighted by molar-refractivity contribution is 5.93. The van der Waals surface area contributed by atoms with E-state index in [-0.39, 0.29) is 5.91 Å². The van der Waals surface area contributed by atoms with Gasteiger partial charge in [0.15, 0.2) is 0 Å². The Bertz CT molecular complexity index is 469. The largest absolute Gasteiger partial charge is 0.370 e. The summed E-state index contributed by atoms with van der Waals surface area (Å²) in [6.45, 7) is 8.23. The lowest BCUT2D eigenvalue weighted by Gasteiger charge is -2.23. The lowest BCUT2D eigenvalue weighted by atomic mass is 10.1. The molecule has 2 rings (SSSR count). The Balaban J connectivity index is 2.05. The van der Waals surface area contributed by atoms with Gasteiger partial charge in [-0.1, -0.05) is 26.8 Å². The zero-order chi connectivity index (χ0) is 15.2. The van der Waals surface area contributed by atoms with E-state index in [1.807, 2.05) is 23.1 Å². The van der Waals surface area contributed by atoms with Gasteiger partial charge in [0.05, 0.1) is 0 Å². The van der Waals surface area contributed by atoms with Crippen LogP contribution in [0.1, 0.15) is 56.9 Å². The Morgan fingerprint density at radius 3 is 2.81 bits per heavy atom. The van der Waals surface area contributed by atoms with Gasteiger partial charge < -0.3 is 10.2 Å². The van der Waals surface area contributed by atoms with Crippen LogP contribution >= 0.6 is 0 Å². The van der Waals surface area contributed by atoms with Gasteiger partial charge in [-0.2, -0.15) is 0 Å². The van der Waals surface area contributed by atoms with E-state index >= 15 is 0 Å². The third-order valence-corrected chi connectivity index (χ3v) is 3.72. The van der Waals surface area contributed by atoms with Crippen LogP contribution in [-0.4, -0.2) is 34.9 Å². The van der Waals surface area contributed by atoms with Gasteiger partial charge in [-0.25, -0.2) is 4.98 Å². The Kier molecular flexibility index (Phi) is 5.59. The van der Waals surface area contributed by atoms with Crippen molar-refractivity contribution in [3.63, 3.8) is 0 Å². The predicted molar refractivity (Wildman–Crippen MR) is 86.5 cm³/mol. The second-order valence-electron chi connectivity index (χ2n) is 6.25. The summed E-state index contributed by atoms with van der Waals surface area (Å²) >= 11 is 0. The van der Waals surface area contributed by atoms with E-state index in [1.165, 1.54) is 0 Å². The van der Waals surface area contributed by atoms with Crippen molar-refractivity contribution in [2.24, 2.45) is 5.92 Å². The fourth-order valence-corrected chi connectivity index (χ4v) is 2.29. The molecule has 0 bridgehead atoms. The summed E-state index contributed by atoms with van der Waals surface area (Å²) in [6.07, 6.45) is 4.37. The molecule has 1 aliphatic rings. The van der Waals surface area contributed by atoms with Crippen LogP contribution in [0.15, 0.2) is 18.2 Å². The van der Waals surface area contributed by atoms with E-state index in [0.29, 0.717) is 17.7 Å². The number of hydrogen-bond donors (Lipinski definition) is 1. The molecule has 1 aliphatic carbocycles. The summed E-state index contributed by atoms with van der Waals surface area (Å²) in [7, 11) is 0. The number of amides is 1. The van der Waals surface area contributed by atoms with Crippen LogP contribution in [0.3, 0.4) is 0 Å². The summed E-state index contributed by atoms with van der Waals surface area (Å²) in [5.41, 5.74) is 0.562. The molecule has 1 heterocycles. The highest BCUT2D eigenvalue weighted by Gasteiger charge is 2.33. The first-order chi connectivity index (χ1) is 10.1. The second kappa shape index (κ2) is 7.43. The second-order valence-corrected chi connectivity index (χ2v) is 6.25. The van der Waals surface area contributed by atoms with Crippen LogP contribution in [0.4, 0.5) is 5.82 Å². The maximum absolute atomic E-state index is 12.7. The molecule has 4 heteroatoms. The van der Waals surface area contributed by atoms with Crippen molar-refractivity contribution < 1.29 is 4.79 Å². The third-order valence-electron chi connectivity index (χ3n) is 3.72. The van der Waals surface area contributed by atoms with E-state index in [9.17, 15) is 4.79 Å². The molecule has 1 N–H and O–H groups in total. The number of carbonyl (C=O) groups is 1. The molecule has 1 amide bonds. The van der Waals surface area contributed by atoms with Crippen molar-refractivity contribution in [3.8, 4) is 0 Å². The molecule has 0 aliphatic heterocycles. The molecule has 1 saturated carbocycles. The van der Waals surface area contributed by atoms with Gasteiger partial charge in [-0.05, 0) is 43.7 Å². The van der Waals surface area contributed by atoms with Gasteiger partial charge >= 0.3 is 0 Å². The van der Waals surface area contributed by atoms with Crippen molar-refractivity contribution in [2.45, 2.75) is 52.5 Å². The summed E-state index contributed by atoms with van der Waals surface area (Å²) in [5.74, 6) is 1.49. The highest BCUT2D eigenvalue weighted by atomic mass is 16.2. The molecule has 0 saturated heterocycles. The van der Waals surface area contributed by atoms with Crippen LogP contribution in [0.25, 0.3) is 0 Å². The average Bonchev–Trinajstić information content (AvgIpc) is 3.30. The summed E-state index contributed by atoms with van der Waals surface area (Å²) in [4.78, 5) is 19.2. The van der Waals surface area contributed by atoms with Gasteiger partial charge in [0.1, 0.15) is 11.5 Å². The van der Waals surface area contributed by atoms with E-state index in [2.05, 4.69) is 31.1 Å². The molecule has 4 nitrogen and oxygen atoms in total. The van der Waals surface area contributed by atoms with E-state index in [0.717, 1.165) is 44.6 Å². The van der Waals surface area contributed by atoms with Crippen LogP contribution in [-0.2, 0) is 0 Å². The van der Waals surface area contributed by atoms with Crippen molar-refractivity contribution in [2.75, 3.05) is 18.4 Å². The van der Waals surface area contributed by atoms with Gasteiger partial charge in [0.2, 0.25) is 0 Å². The fraction of sp³-hybridized carbons (Fsp3) is 0.647. The molecule has 116 valence electrons. The number of hydrogen-bond acceptors (Lipinski definition) is 3. The monoisotopic (exact) mass is 289 g/mol. The minimum Gasteiger partial charge on any atom is -0.370 e. The van der Waals surface area contributed by atoms with Crippen molar-refractivity contribution >= 4 is 11.7 Å². The lowest BCUT2D eigenvalue weighted by Crippen LogP contribution is -2.35. The number of aromatic nitrogens is 1. The first-order valence-corrected chi connectivity index (χ1v) is 8.13. The molecule has 0 aromatic carbocycles. The molecule has 0 radical (unpaired) electrons. The fourth-order valence-electron chi connectivity index (χ4n) is 2.29.